The summed E-state index contributed by atoms with van der Waals surface area (Å²) in [4.78, 5) is 18.6. The van der Waals surface area contributed by atoms with Crippen LogP contribution in [0.25, 0.3) is 22.3 Å². The highest BCUT2D eigenvalue weighted by Gasteiger charge is 2.32. The lowest BCUT2D eigenvalue weighted by atomic mass is 10.0. The van der Waals surface area contributed by atoms with Gasteiger partial charge in [-0.15, -0.1) is 0 Å². The first-order valence-electron chi connectivity index (χ1n) is 13.5. The molecule has 5 rings (SSSR count). The van der Waals surface area contributed by atoms with Crippen LogP contribution in [0.1, 0.15) is 34.1 Å². The quantitative estimate of drug-likeness (QED) is 0.292. The predicted molar refractivity (Wildman–Crippen MR) is 159 cm³/mol. The third-order valence-corrected chi connectivity index (χ3v) is 9.21. The number of nitrogens with one attached hydrogen (secondary N) is 1. The minimum atomic E-state index is -3.17. The summed E-state index contributed by atoms with van der Waals surface area (Å²) in [5, 5.41) is 8.30. The Bertz CT molecular complexity index is 1750. The number of carbonyl (C=O) groups is 1. The lowest BCUT2D eigenvalue weighted by Gasteiger charge is -2.14. The number of rotatable bonds is 10. The Hall–Kier alpha value is -4.32. The van der Waals surface area contributed by atoms with Gasteiger partial charge in [0.05, 0.1) is 68.3 Å². The Balaban J connectivity index is 1.52. The molecule has 4 aromatic rings. The lowest BCUT2D eigenvalue weighted by Crippen LogP contribution is -2.26. The molecule has 1 unspecified atom stereocenters. The van der Waals surface area contributed by atoms with E-state index in [0.29, 0.717) is 75.9 Å². The SMILES string of the molecule is COc1ccc(CCNC(=O)c2cc(-c3ccc(OC)c(OC)c3)nc3c2c(C)nn3C2CCS(=O)(=O)C2)cc1OC. The first-order valence-corrected chi connectivity index (χ1v) is 15.3. The van der Waals surface area contributed by atoms with Crippen molar-refractivity contribution in [2.75, 3.05) is 46.5 Å². The molecule has 42 heavy (non-hydrogen) atoms. The number of sulfone groups is 1. The third-order valence-electron chi connectivity index (χ3n) is 7.46. The number of methoxy groups -OCH3 is 4. The van der Waals surface area contributed by atoms with E-state index in [1.807, 2.05) is 24.3 Å². The maximum absolute atomic E-state index is 13.7. The number of ether oxygens (including phenoxy) is 4. The molecule has 1 atom stereocenters. The number of benzene rings is 2. The van der Waals surface area contributed by atoms with E-state index in [0.717, 1.165) is 5.56 Å². The maximum Gasteiger partial charge on any atom is 0.252 e. The van der Waals surface area contributed by atoms with Crippen LogP contribution in [0.3, 0.4) is 0 Å². The molecule has 1 aliphatic heterocycles. The number of amides is 1. The molecule has 2 aromatic carbocycles. The van der Waals surface area contributed by atoms with E-state index in [-0.39, 0.29) is 23.5 Å². The molecule has 12 heteroatoms. The molecule has 1 N–H and O–H groups in total. The first kappa shape index (κ1) is 29.2. The number of aromatic nitrogens is 3. The average molecular weight is 595 g/mol. The molecule has 1 saturated heterocycles. The number of nitrogens with zero attached hydrogens (tertiary/aromatic N) is 3. The fourth-order valence-corrected chi connectivity index (χ4v) is 7.00. The summed E-state index contributed by atoms with van der Waals surface area (Å²) >= 11 is 0. The van der Waals surface area contributed by atoms with Crippen LogP contribution in [0.4, 0.5) is 0 Å². The third kappa shape index (κ3) is 5.71. The molecule has 0 spiro atoms. The Labute approximate surface area is 244 Å². The van der Waals surface area contributed by atoms with Crippen LogP contribution in [-0.4, -0.2) is 75.6 Å². The van der Waals surface area contributed by atoms with E-state index in [4.69, 9.17) is 23.9 Å². The summed E-state index contributed by atoms with van der Waals surface area (Å²) in [7, 11) is 3.10. The van der Waals surface area contributed by atoms with Crippen molar-refractivity contribution < 1.29 is 32.2 Å². The van der Waals surface area contributed by atoms with Gasteiger partial charge in [-0.3, -0.25) is 4.79 Å². The molecule has 1 aliphatic rings. The fraction of sp³-hybridized carbons (Fsp3) is 0.367. The predicted octanol–water partition coefficient (Wildman–Crippen LogP) is 3.77. The standard InChI is InChI=1S/C30H34N4O7S/c1-18-28-22(30(35)31-12-10-19-6-8-24(38-2)26(14-19)40-4)16-23(20-7-9-25(39-3)27(15-20)41-5)32-29(28)34(33-18)21-11-13-42(36,37)17-21/h6-9,14-16,21H,10-13,17H2,1-5H3,(H,31,35). The van der Waals surface area contributed by atoms with Gasteiger partial charge in [-0.1, -0.05) is 6.07 Å². The zero-order valence-electron chi connectivity index (χ0n) is 24.3. The summed E-state index contributed by atoms with van der Waals surface area (Å²) in [5.74, 6) is 2.13. The van der Waals surface area contributed by atoms with Crippen molar-refractivity contribution in [3.63, 3.8) is 0 Å². The molecule has 1 fully saturated rings. The summed E-state index contributed by atoms with van der Waals surface area (Å²) < 4.78 is 47.8. The molecule has 0 aliphatic carbocycles. The van der Waals surface area contributed by atoms with Crippen LogP contribution in [0.2, 0.25) is 0 Å². The van der Waals surface area contributed by atoms with Crippen LogP contribution >= 0.6 is 0 Å². The highest BCUT2D eigenvalue weighted by atomic mass is 32.2. The van der Waals surface area contributed by atoms with Gasteiger partial charge < -0.3 is 24.3 Å². The van der Waals surface area contributed by atoms with Gasteiger partial charge in [-0.25, -0.2) is 18.1 Å². The van der Waals surface area contributed by atoms with Crippen molar-refractivity contribution in [3.8, 4) is 34.3 Å². The van der Waals surface area contributed by atoms with E-state index >= 15 is 0 Å². The van der Waals surface area contributed by atoms with Gasteiger partial charge in [-0.05, 0) is 61.7 Å². The summed E-state index contributed by atoms with van der Waals surface area (Å²) in [6.45, 7) is 2.18. The van der Waals surface area contributed by atoms with Gasteiger partial charge in [0, 0.05) is 12.1 Å². The van der Waals surface area contributed by atoms with Crippen LogP contribution in [-0.2, 0) is 16.3 Å². The molecular weight excluding hydrogens is 560 g/mol. The van der Waals surface area contributed by atoms with Gasteiger partial charge in [0.25, 0.3) is 5.91 Å². The normalized spacial score (nSPS) is 15.9. The van der Waals surface area contributed by atoms with Crippen molar-refractivity contribution in [2.24, 2.45) is 0 Å². The van der Waals surface area contributed by atoms with Crippen LogP contribution in [0, 0.1) is 6.92 Å². The van der Waals surface area contributed by atoms with Gasteiger partial charge in [0.1, 0.15) is 0 Å². The molecule has 11 nitrogen and oxygen atoms in total. The lowest BCUT2D eigenvalue weighted by molar-refractivity contribution is 0.0955. The van der Waals surface area contributed by atoms with Crippen molar-refractivity contribution in [2.45, 2.75) is 25.8 Å². The molecule has 3 heterocycles. The highest BCUT2D eigenvalue weighted by molar-refractivity contribution is 7.91. The van der Waals surface area contributed by atoms with Crippen LogP contribution in [0.15, 0.2) is 42.5 Å². The second kappa shape index (κ2) is 11.9. The molecule has 0 saturated carbocycles. The number of carbonyl (C=O) groups excluding carboxylic acids is 1. The van der Waals surface area contributed by atoms with Crippen molar-refractivity contribution in [1.82, 2.24) is 20.1 Å². The van der Waals surface area contributed by atoms with Gasteiger partial charge in [-0.2, -0.15) is 5.10 Å². The number of pyridine rings is 1. The highest BCUT2D eigenvalue weighted by Crippen LogP contribution is 2.35. The Kier molecular flexibility index (Phi) is 8.26. The minimum absolute atomic E-state index is 0.0155. The van der Waals surface area contributed by atoms with Gasteiger partial charge in [0.15, 0.2) is 38.5 Å². The van der Waals surface area contributed by atoms with E-state index < -0.39 is 9.84 Å². The monoisotopic (exact) mass is 594 g/mol. The zero-order valence-corrected chi connectivity index (χ0v) is 25.1. The molecule has 0 radical (unpaired) electrons. The van der Waals surface area contributed by atoms with E-state index in [9.17, 15) is 13.2 Å². The molecule has 2 aromatic heterocycles. The maximum atomic E-state index is 13.7. The molecule has 1 amide bonds. The smallest absolute Gasteiger partial charge is 0.252 e. The number of hydrogen-bond acceptors (Lipinski definition) is 9. The van der Waals surface area contributed by atoms with Gasteiger partial charge in [0.2, 0.25) is 0 Å². The topological polar surface area (TPSA) is 131 Å². The number of fused-ring (bicyclic) bond motifs is 1. The van der Waals surface area contributed by atoms with Gasteiger partial charge >= 0.3 is 0 Å². The fourth-order valence-electron chi connectivity index (χ4n) is 5.31. The van der Waals surface area contributed by atoms with Crippen molar-refractivity contribution in [1.29, 1.82) is 0 Å². The molecule has 0 bridgehead atoms. The largest absolute Gasteiger partial charge is 0.493 e. The Morgan fingerprint density at radius 3 is 2.26 bits per heavy atom. The Morgan fingerprint density at radius 1 is 0.952 bits per heavy atom. The molecule has 222 valence electrons. The van der Waals surface area contributed by atoms with Crippen LogP contribution < -0.4 is 24.3 Å². The van der Waals surface area contributed by atoms with Crippen molar-refractivity contribution in [3.05, 3.63) is 59.3 Å². The Morgan fingerprint density at radius 2 is 1.62 bits per heavy atom. The second-order valence-electron chi connectivity index (χ2n) is 10.1. The minimum Gasteiger partial charge on any atom is -0.493 e. The van der Waals surface area contributed by atoms with E-state index in [1.165, 1.54) is 0 Å². The molecular formula is C30H34N4O7S. The van der Waals surface area contributed by atoms with Crippen molar-refractivity contribution >= 4 is 26.8 Å². The zero-order chi connectivity index (χ0) is 30.0. The van der Waals surface area contributed by atoms with Crippen LogP contribution in [0.5, 0.6) is 23.0 Å². The number of aryl methyl sites for hydroxylation is 1. The second-order valence-corrected chi connectivity index (χ2v) is 12.3. The van der Waals surface area contributed by atoms with E-state index in [2.05, 4.69) is 10.4 Å². The first-order chi connectivity index (χ1) is 20.2. The summed E-state index contributed by atoms with van der Waals surface area (Å²) in [6, 6.07) is 12.4. The average Bonchev–Trinajstić information content (AvgIpc) is 3.54. The van der Waals surface area contributed by atoms with E-state index in [1.54, 1.807) is 58.2 Å². The summed E-state index contributed by atoms with van der Waals surface area (Å²) in [5.41, 5.74) is 3.68. The number of hydrogen-bond donors (Lipinski definition) is 1. The summed E-state index contributed by atoms with van der Waals surface area (Å²) in [6.07, 6.45) is 1.01.